The Balaban J connectivity index is 2.63. The van der Waals surface area contributed by atoms with E-state index in [1.807, 2.05) is 0 Å². The minimum absolute atomic E-state index is 0.0710. The third-order valence-electron chi connectivity index (χ3n) is 1.71. The van der Waals surface area contributed by atoms with Crippen LogP contribution in [-0.4, -0.2) is 35.2 Å². The molecule has 0 aliphatic rings. The lowest BCUT2D eigenvalue weighted by Gasteiger charge is -2.04. The first-order valence-corrected chi connectivity index (χ1v) is 4.70. The van der Waals surface area contributed by atoms with Crippen LogP contribution < -0.4 is 5.32 Å². The van der Waals surface area contributed by atoms with Crippen molar-refractivity contribution in [3.8, 4) is 0 Å². The molecular formula is C10H12N2O4. The van der Waals surface area contributed by atoms with Crippen LogP contribution in [0.1, 0.15) is 17.3 Å². The Morgan fingerprint density at radius 1 is 1.56 bits per heavy atom. The average molecular weight is 224 g/mol. The highest BCUT2D eigenvalue weighted by Gasteiger charge is 2.06. The first-order chi connectivity index (χ1) is 7.63. The summed E-state index contributed by atoms with van der Waals surface area (Å²) in [6, 6.07) is 2.63. The second-order valence-corrected chi connectivity index (χ2v) is 2.92. The molecule has 1 aromatic rings. The number of carboxylic acid groups (broad SMARTS) is 1. The van der Waals surface area contributed by atoms with Gasteiger partial charge in [0.15, 0.2) is 0 Å². The number of hydrogen-bond acceptors (Lipinski definition) is 4. The van der Waals surface area contributed by atoms with E-state index in [0.29, 0.717) is 6.61 Å². The van der Waals surface area contributed by atoms with Crippen molar-refractivity contribution in [2.24, 2.45) is 0 Å². The smallest absolute Gasteiger partial charge is 0.335 e. The summed E-state index contributed by atoms with van der Waals surface area (Å²) in [5.41, 5.74) is 0.0710. The molecule has 2 N–H and O–H groups in total. The number of aromatic carboxylic acids is 1. The molecule has 0 spiro atoms. The monoisotopic (exact) mass is 224 g/mol. The van der Waals surface area contributed by atoms with Gasteiger partial charge in [0.2, 0.25) is 0 Å². The van der Waals surface area contributed by atoms with Crippen LogP contribution in [0.4, 0.5) is 5.82 Å². The molecule has 0 fully saturated rings. The summed E-state index contributed by atoms with van der Waals surface area (Å²) in [5.74, 6) is -1.23. The van der Waals surface area contributed by atoms with Crippen LogP contribution in [0.3, 0.4) is 0 Å². The number of pyridine rings is 1. The summed E-state index contributed by atoms with van der Waals surface area (Å²) in [6.07, 6.45) is 1.32. The van der Waals surface area contributed by atoms with Gasteiger partial charge in [-0.2, -0.15) is 0 Å². The van der Waals surface area contributed by atoms with Gasteiger partial charge in [-0.15, -0.1) is 0 Å². The van der Waals surface area contributed by atoms with Gasteiger partial charge < -0.3 is 15.2 Å². The minimum atomic E-state index is -1.07. The van der Waals surface area contributed by atoms with Gasteiger partial charge in [0.05, 0.1) is 5.56 Å². The predicted molar refractivity (Wildman–Crippen MR) is 56.3 cm³/mol. The van der Waals surface area contributed by atoms with Crippen molar-refractivity contribution in [3.63, 3.8) is 0 Å². The topological polar surface area (TPSA) is 88.5 Å². The third kappa shape index (κ3) is 3.66. The molecule has 0 unspecified atom stereocenters. The molecular weight excluding hydrogens is 212 g/mol. The average Bonchev–Trinajstić information content (AvgIpc) is 2.26. The number of aromatic nitrogens is 1. The first-order valence-electron chi connectivity index (χ1n) is 4.70. The molecule has 0 aromatic carbocycles. The van der Waals surface area contributed by atoms with Crippen molar-refractivity contribution in [3.05, 3.63) is 23.9 Å². The fourth-order valence-corrected chi connectivity index (χ4v) is 1.01. The zero-order valence-corrected chi connectivity index (χ0v) is 8.77. The Kier molecular flexibility index (Phi) is 4.41. The maximum atomic E-state index is 11.2. The second kappa shape index (κ2) is 5.82. The Labute approximate surface area is 92.3 Å². The zero-order chi connectivity index (χ0) is 12.0. The van der Waals surface area contributed by atoms with E-state index in [0.717, 1.165) is 0 Å². The maximum absolute atomic E-state index is 11.2. The number of ether oxygens (including phenoxy) is 1. The van der Waals surface area contributed by atoms with Crippen molar-refractivity contribution >= 4 is 17.7 Å². The Morgan fingerprint density at radius 2 is 2.31 bits per heavy atom. The number of nitrogens with zero attached hydrogens (tertiary/aromatic N) is 1. The lowest BCUT2D eigenvalue weighted by Crippen LogP contribution is -2.19. The predicted octanol–water partition coefficient (Wildman–Crippen LogP) is 0.755. The summed E-state index contributed by atoms with van der Waals surface area (Å²) in [6.45, 7) is 2.14. The molecule has 0 saturated heterocycles. The van der Waals surface area contributed by atoms with Crippen molar-refractivity contribution < 1.29 is 19.4 Å². The molecule has 0 saturated carbocycles. The molecule has 0 bridgehead atoms. The number of anilines is 1. The lowest BCUT2D eigenvalue weighted by molar-refractivity contribution is -0.120. The summed E-state index contributed by atoms with van der Waals surface area (Å²) >= 11 is 0. The van der Waals surface area contributed by atoms with Crippen LogP contribution in [0.25, 0.3) is 0 Å². The maximum Gasteiger partial charge on any atom is 0.335 e. The number of carboxylic acids is 1. The van der Waals surface area contributed by atoms with E-state index in [2.05, 4.69) is 10.3 Å². The number of hydrogen-bond donors (Lipinski definition) is 2. The molecule has 1 aromatic heterocycles. The summed E-state index contributed by atoms with van der Waals surface area (Å²) in [4.78, 5) is 25.7. The van der Waals surface area contributed by atoms with Crippen LogP contribution in [0, 0.1) is 0 Å². The number of rotatable bonds is 5. The number of carbonyl (C=O) groups is 2. The molecule has 0 aliphatic heterocycles. The van der Waals surface area contributed by atoms with E-state index in [9.17, 15) is 9.59 Å². The standard InChI is InChI=1S/C10H12N2O4/c1-2-16-6-9(13)12-8-5-7(10(14)15)3-4-11-8/h3-5H,2,6H2,1H3,(H,14,15)(H,11,12,13). The summed E-state index contributed by atoms with van der Waals surface area (Å²) < 4.78 is 4.89. The fourth-order valence-electron chi connectivity index (χ4n) is 1.01. The zero-order valence-electron chi connectivity index (χ0n) is 8.77. The number of nitrogens with one attached hydrogen (secondary N) is 1. The van der Waals surface area contributed by atoms with Gasteiger partial charge in [-0.1, -0.05) is 0 Å². The van der Waals surface area contributed by atoms with Gasteiger partial charge in [-0.3, -0.25) is 4.79 Å². The van der Waals surface area contributed by atoms with Gasteiger partial charge in [0.1, 0.15) is 12.4 Å². The SMILES string of the molecule is CCOCC(=O)Nc1cc(C(=O)O)ccn1. The third-order valence-corrected chi connectivity index (χ3v) is 1.71. The van der Waals surface area contributed by atoms with E-state index in [4.69, 9.17) is 9.84 Å². The lowest BCUT2D eigenvalue weighted by atomic mass is 10.2. The van der Waals surface area contributed by atoms with E-state index in [1.54, 1.807) is 6.92 Å². The van der Waals surface area contributed by atoms with Crippen molar-refractivity contribution in [2.75, 3.05) is 18.5 Å². The highest BCUT2D eigenvalue weighted by molar-refractivity contribution is 5.93. The second-order valence-electron chi connectivity index (χ2n) is 2.92. The van der Waals surface area contributed by atoms with Crippen LogP contribution in [0.15, 0.2) is 18.3 Å². The number of amides is 1. The van der Waals surface area contributed by atoms with Crippen LogP contribution >= 0.6 is 0 Å². The molecule has 0 aliphatic carbocycles. The van der Waals surface area contributed by atoms with Gasteiger partial charge in [0.25, 0.3) is 5.91 Å². The Bertz CT molecular complexity index is 392. The highest BCUT2D eigenvalue weighted by atomic mass is 16.5. The minimum Gasteiger partial charge on any atom is -0.478 e. The van der Waals surface area contributed by atoms with Crippen molar-refractivity contribution in [2.45, 2.75) is 6.92 Å². The molecule has 0 atom stereocenters. The van der Waals surface area contributed by atoms with E-state index in [1.165, 1.54) is 18.3 Å². The summed E-state index contributed by atoms with van der Waals surface area (Å²) in [5, 5.41) is 11.2. The molecule has 6 nitrogen and oxygen atoms in total. The van der Waals surface area contributed by atoms with Gasteiger partial charge >= 0.3 is 5.97 Å². The van der Waals surface area contributed by atoms with E-state index >= 15 is 0 Å². The Morgan fingerprint density at radius 3 is 2.94 bits per heavy atom. The molecule has 6 heteroatoms. The summed E-state index contributed by atoms with van der Waals surface area (Å²) in [7, 11) is 0. The van der Waals surface area contributed by atoms with Crippen LogP contribution in [0.2, 0.25) is 0 Å². The van der Waals surface area contributed by atoms with E-state index in [-0.39, 0.29) is 23.9 Å². The fraction of sp³-hybridized carbons (Fsp3) is 0.300. The molecule has 1 heterocycles. The van der Waals surface area contributed by atoms with E-state index < -0.39 is 5.97 Å². The van der Waals surface area contributed by atoms with Crippen LogP contribution in [0.5, 0.6) is 0 Å². The number of carbonyl (C=O) groups excluding carboxylic acids is 1. The molecule has 86 valence electrons. The van der Waals surface area contributed by atoms with Crippen molar-refractivity contribution in [1.82, 2.24) is 4.98 Å². The highest BCUT2D eigenvalue weighted by Crippen LogP contribution is 2.06. The van der Waals surface area contributed by atoms with Crippen molar-refractivity contribution in [1.29, 1.82) is 0 Å². The molecule has 16 heavy (non-hydrogen) atoms. The molecule has 0 radical (unpaired) electrons. The first kappa shape index (κ1) is 12.1. The van der Waals surface area contributed by atoms with Gasteiger partial charge in [-0.05, 0) is 19.1 Å². The van der Waals surface area contributed by atoms with Gasteiger partial charge in [-0.25, -0.2) is 9.78 Å². The molecule has 1 amide bonds. The van der Waals surface area contributed by atoms with Crippen LogP contribution in [-0.2, 0) is 9.53 Å². The Hall–Kier alpha value is -1.95. The quantitative estimate of drug-likeness (QED) is 0.770. The largest absolute Gasteiger partial charge is 0.478 e. The normalized spacial score (nSPS) is 9.81. The van der Waals surface area contributed by atoms with Gasteiger partial charge in [0, 0.05) is 12.8 Å². The molecule has 1 rings (SSSR count).